The Hall–Kier alpha value is -1.64. The molecule has 0 heterocycles. The average molecular weight is 248 g/mol. The number of halogens is 1. The fourth-order valence-electron chi connectivity index (χ4n) is 2.66. The number of hydrogen-bond donors (Lipinski definition) is 1. The van der Waals surface area contributed by atoms with E-state index in [-0.39, 0.29) is 11.7 Å². The molecule has 2 nitrogen and oxygen atoms in total. The normalized spacial score (nSPS) is 17.7. The standard InChI is InChI=1S/C15H17FO2/c16-14-9-5-4-8-12(14)13(10-15(17)18)11-6-2-1-3-7-11/h4-5,8-11H,1-3,6-7H2,(H,17,18)/b13-10+. The van der Waals surface area contributed by atoms with Crippen LogP contribution in [0, 0.1) is 11.7 Å². The van der Waals surface area contributed by atoms with Crippen LogP contribution in [0.15, 0.2) is 30.3 Å². The summed E-state index contributed by atoms with van der Waals surface area (Å²) in [6, 6.07) is 6.42. The lowest BCUT2D eigenvalue weighted by Crippen LogP contribution is -2.11. The van der Waals surface area contributed by atoms with Gasteiger partial charge in [-0.05, 0) is 30.4 Å². The molecule has 0 saturated heterocycles. The van der Waals surface area contributed by atoms with E-state index in [4.69, 9.17) is 5.11 Å². The zero-order valence-corrected chi connectivity index (χ0v) is 10.2. The van der Waals surface area contributed by atoms with Crippen molar-refractivity contribution in [3.63, 3.8) is 0 Å². The van der Waals surface area contributed by atoms with Gasteiger partial charge in [0.05, 0.1) is 0 Å². The van der Waals surface area contributed by atoms with Crippen LogP contribution in [0.3, 0.4) is 0 Å². The molecule has 1 aromatic carbocycles. The maximum atomic E-state index is 13.8. The van der Waals surface area contributed by atoms with Gasteiger partial charge in [0, 0.05) is 11.6 Å². The van der Waals surface area contributed by atoms with Crippen molar-refractivity contribution in [2.24, 2.45) is 5.92 Å². The topological polar surface area (TPSA) is 37.3 Å². The van der Waals surface area contributed by atoms with Gasteiger partial charge in [-0.3, -0.25) is 0 Å². The molecule has 1 N–H and O–H groups in total. The van der Waals surface area contributed by atoms with Gasteiger partial charge in [0.15, 0.2) is 0 Å². The zero-order chi connectivity index (χ0) is 13.0. The van der Waals surface area contributed by atoms with Crippen LogP contribution in [-0.4, -0.2) is 11.1 Å². The molecular weight excluding hydrogens is 231 g/mol. The van der Waals surface area contributed by atoms with E-state index in [1.54, 1.807) is 18.2 Å². The average Bonchev–Trinajstić information content (AvgIpc) is 2.38. The summed E-state index contributed by atoms with van der Waals surface area (Å²) in [6.45, 7) is 0. The van der Waals surface area contributed by atoms with E-state index in [1.165, 1.54) is 18.6 Å². The van der Waals surface area contributed by atoms with Crippen molar-refractivity contribution in [1.29, 1.82) is 0 Å². The Labute approximate surface area is 106 Å². The van der Waals surface area contributed by atoms with Gasteiger partial charge in [0.2, 0.25) is 0 Å². The number of aliphatic carboxylic acids is 1. The van der Waals surface area contributed by atoms with E-state index in [9.17, 15) is 9.18 Å². The fraction of sp³-hybridized carbons (Fsp3) is 0.400. The van der Waals surface area contributed by atoms with Crippen molar-refractivity contribution in [2.75, 3.05) is 0 Å². The number of allylic oxidation sites excluding steroid dienone is 1. The highest BCUT2D eigenvalue weighted by molar-refractivity contribution is 5.90. The van der Waals surface area contributed by atoms with Crippen molar-refractivity contribution in [2.45, 2.75) is 32.1 Å². The first-order valence-electron chi connectivity index (χ1n) is 6.38. The second-order valence-electron chi connectivity index (χ2n) is 4.75. The summed E-state index contributed by atoms with van der Waals surface area (Å²) in [6.07, 6.45) is 6.45. The Morgan fingerprint density at radius 2 is 1.89 bits per heavy atom. The minimum atomic E-state index is -1.00. The first kappa shape index (κ1) is 12.8. The zero-order valence-electron chi connectivity index (χ0n) is 10.2. The van der Waals surface area contributed by atoms with Crippen LogP contribution >= 0.6 is 0 Å². The number of benzene rings is 1. The Morgan fingerprint density at radius 1 is 1.22 bits per heavy atom. The number of carboxylic acids is 1. The summed E-state index contributed by atoms with van der Waals surface area (Å²) in [4.78, 5) is 10.9. The van der Waals surface area contributed by atoms with E-state index in [1.807, 2.05) is 0 Å². The van der Waals surface area contributed by atoms with Gasteiger partial charge in [-0.25, -0.2) is 9.18 Å². The Bertz CT molecular complexity index is 459. The SMILES string of the molecule is O=C(O)/C=C(/c1ccccc1F)C1CCCCC1. The lowest BCUT2D eigenvalue weighted by Gasteiger charge is -2.24. The van der Waals surface area contributed by atoms with Crippen molar-refractivity contribution >= 4 is 11.5 Å². The lowest BCUT2D eigenvalue weighted by atomic mass is 9.80. The van der Waals surface area contributed by atoms with Crippen molar-refractivity contribution < 1.29 is 14.3 Å². The molecule has 0 spiro atoms. The van der Waals surface area contributed by atoms with E-state index >= 15 is 0 Å². The quantitative estimate of drug-likeness (QED) is 0.824. The van der Waals surface area contributed by atoms with Crippen LogP contribution in [0.5, 0.6) is 0 Å². The Balaban J connectivity index is 2.36. The minimum absolute atomic E-state index is 0.173. The molecular formula is C15H17FO2. The van der Waals surface area contributed by atoms with Crippen molar-refractivity contribution in [3.8, 4) is 0 Å². The summed E-state index contributed by atoms with van der Waals surface area (Å²) in [7, 11) is 0. The predicted molar refractivity (Wildman–Crippen MR) is 68.6 cm³/mol. The molecule has 0 bridgehead atoms. The Kier molecular flexibility index (Phi) is 4.13. The lowest BCUT2D eigenvalue weighted by molar-refractivity contribution is -0.131. The monoisotopic (exact) mass is 248 g/mol. The number of hydrogen-bond acceptors (Lipinski definition) is 1. The maximum absolute atomic E-state index is 13.8. The highest BCUT2D eigenvalue weighted by atomic mass is 19.1. The minimum Gasteiger partial charge on any atom is -0.478 e. The summed E-state index contributed by atoms with van der Waals surface area (Å²) in [5.74, 6) is -1.17. The molecule has 0 aromatic heterocycles. The molecule has 0 atom stereocenters. The van der Waals surface area contributed by atoms with Crippen molar-refractivity contribution in [1.82, 2.24) is 0 Å². The molecule has 0 radical (unpaired) electrons. The summed E-state index contributed by atoms with van der Waals surface area (Å²) < 4.78 is 13.8. The van der Waals surface area contributed by atoms with Crippen LogP contribution in [0.2, 0.25) is 0 Å². The van der Waals surface area contributed by atoms with Crippen molar-refractivity contribution in [3.05, 3.63) is 41.7 Å². The molecule has 0 aliphatic heterocycles. The number of carbonyl (C=O) groups is 1. The molecule has 1 saturated carbocycles. The molecule has 96 valence electrons. The molecule has 1 fully saturated rings. The van der Waals surface area contributed by atoms with Gasteiger partial charge in [0.25, 0.3) is 0 Å². The van der Waals surface area contributed by atoms with Crippen LogP contribution in [0.25, 0.3) is 5.57 Å². The van der Waals surface area contributed by atoms with Crippen LogP contribution in [0.1, 0.15) is 37.7 Å². The Morgan fingerprint density at radius 3 is 2.50 bits per heavy atom. The molecule has 1 aromatic rings. The second kappa shape index (κ2) is 5.80. The predicted octanol–water partition coefficient (Wildman–Crippen LogP) is 3.87. The van der Waals surface area contributed by atoms with Gasteiger partial charge in [0.1, 0.15) is 5.82 Å². The third-order valence-corrected chi connectivity index (χ3v) is 3.51. The van der Waals surface area contributed by atoms with E-state index in [0.717, 1.165) is 25.7 Å². The van der Waals surface area contributed by atoms with Gasteiger partial charge < -0.3 is 5.11 Å². The fourth-order valence-corrected chi connectivity index (χ4v) is 2.66. The molecule has 18 heavy (non-hydrogen) atoms. The van der Waals surface area contributed by atoms with Crippen LogP contribution < -0.4 is 0 Å². The molecule has 0 unspecified atom stereocenters. The van der Waals surface area contributed by atoms with E-state index in [2.05, 4.69) is 0 Å². The molecule has 3 heteroatoms. The van der Waals surface area contributed by atoms with E-state index < -0.39 is 5.97 Å². The largest absolute Gasteiger partial charge is 0.478 e. The third-order valence-electron chi connectivity index (χ3n) is 3.51. The smallest absolute Gasteiger partial charge is 0.328 e. The van der Waals surface area contributed by atoms with E-state index in [0.29, 0.717) is 11.1 Å². The van der Waals surface area contributed by atoms with Crippen LogP contribution in [0.4, 0.5) is 4.39 Å². The maximum Gasteiger partial charge on any atom is 0.328 e. The summed E-state index contributed by atoms with van der Waals surface area (Å²) in [5.41, 5.74) is 1.08. The number of carboxylic acid groups (broad SMARTS) is 1. The van der Waals surface area contributed by atoms with Gasteiger partial charge >= 0.3 is 5.97 Å². The highest BCUT2D eigenvalue weighted by Crippen LogP contribution is 2.36. The summed E-state index contributed by atoms with van der Waals surface area (Å²) in [5, 5.41) is 8.97. The van der Waals surface area contributed by atoms with Gasteiger partial charge in [-0.15, -0.1) is 0 Å². The van der Waals surface area contributed by atoms with Gasteiger partial charge in [-0.2, -0.15) is 0 Å². The summed E-state index contributed by atoms with van der Waals surface area (Å²) >= 11 is 0. The molecule has 2 rings (SSSR count). The molecule has 0 amide bonds. The highest BCUT2D eigenvalue weighted by Gasteiger charge is 2.21. The van der Waals surface area contributed by atoms with Gasteiger partial charge in [-0.1, -0.05) is 37.5 Å². The molecule has 1 aliphatic carbocycles. The first-order chi connectivity index (χ1) is 8.68. The second-order valence-corrected chi connectivity index (χ2v) is 4.75. The van der Waals surface area contributed by atoms with Crippen LogP contribution in [-0.2, 0) is 4.79 Å². The third kappa shape index (κ3) is 2.97. The molecule has 1 aliphatic rings. The number of rotatable bonds is 3. The first-order valence-corrected chi connectivity index (χ1v) is 6.38.